The van der Waals surface area contributed by atoms with Gasteiger partial charge >= 0.3 is 16.3 Å². The van der Waals surface area contributed by atoms with E-state index in [-0.39, 0.29) is 19.0 Å². The minimum Gasteiger partial charge on any atom is -0.452 e. The SMILES string of the molecule is CCC1CN(S(=O)(=O)NC(=O)OC)CCC1=NO. The molecule has 0 radical (unpaired) electrons. The fraction of sp³-hybridized carbons (Fsp3) is 0.778. The Morgan fingerprint density at radius 2 is 2.33 bits per heavy atom. The van der Waals surface area contributed by atoms with E-state index in [1.807, 2.05) is 6.92 Å². The molecule has 1 aliphatic heterocycles. The first kappa shape index (κ1) is 14.7. The molecule has 1 aliphatic rings. The average molecular weight is 279 g/mol. The van der Waals surface area contributed by atoms with Gasteiger partial charge in [-0.15, -0.1) is 0 Å². The number of hydrogen-bond acceptors (Lipinski definition) is 6. The van der Waals surface area contributed by atoms with E-state index < -0.39 is 16.3 Å². The van der Waals surface area contributed by atoms with Crippen molar-refractivity contribution in [3.05, 3.63) is 0 Å². The van der Waals surface area contributed by atoms with Gasteiger partial charge in [0.1, 0.15) is 0 Å². The predicted octanol–water partition coefficient (Wildman–Crippen LogP) is 0.149. The molecule has 0 aromatic carbocycles. The summed E-state index contributed by atoms with van der Waals surface area (Å²) in [6, 6.07) is 0. The number of ether oxygens (including phenoxy) is 1. The van der Waals surface area contributed by atoms with Crippen LogP contribution in [0.4, 0.5) is 4.79 Å². The Balaban J connectivity index is 2.77. The average Bonchev–Trinajstić information content (AvgIpc) is 2.37. The Hall–Kier alpha value is -1.35. The summed E-state index contributed by atoms with van der Waals surface area (Å²) < 4.78 is 30.8. The lowest BCUT2D eigenvalue weighted by molar-refractivity contribution is 0.176. The molecule has 1 heterocycles. The number of carbonyl (C=O) groups excluding carboxylic acids is 1. The minimum absolute atomic E-state index is 0.141. The maximum Gasteiger partial charge on any atom is 0.421 e. The number of nitrogens with zero attached hydrogens (tertiary/aromatic N) is 2. The molecule has 9 heteroatoms. The molecular weight excluding hydrogens is 262 g/mol. The van der Waals surface area contributed by atoms with Gasteiger partial charge in [0.15, 0.2) is 0 Å². The number of hydrogen-bond donors (Lipinski definition) is 2. The van der Waals surface area contributed by atoms with Gasteiger partial charge in [-0.25, -0.2) is 9.52 Å². The van der Waals surface area contributed by atoms with Crippen LogP contribution in [0.15, 0.2) is 5.16 Å². The molecule has 1 rings (SSSR count). The first-order valence-electron chi connectivity index (χ1n) is 5.51. The van der Waals surface area contributed by atoms with Crippen molar-refractivity contribution in [2.45, 2.75) is 19.8 Å². The van der Waals surface area contributed by atoms with Crippen molar-refractivity contribution >= 4 is 22.0 Å². The van der Waals surface area contributed by atoms with Gasteiger partial charge < -0.3 is 9.94 Å². The van der Waals surface area contributed by atoms with Crippen molar-refractivity contribution in [1.82, 2.24) is 9.03 Å². The van der Waals surface area contributed by atoms with Crippen LogP contribution < -0.4 is 4.72 Å². The second kappa shape index (κ2) is 6.01. The Morgan fingerprint density at radius 3 is 2.83 bits per heavy atom. The molecule has 1 amide bonds. The van der Waals surface area contributed by atoms with Gasteiger partial charge in [0.25, 0.3) is 0 Å². The van der Waals surface area contributed by atoms with Crippen molar-refractivity contribution in [3.8, 4) is 0 Å². The number of rotatable bonds is 3. The summed E-state index contributed by atoms with van der Waals surface area (Å²) in [7, 11) is -2.81. The van der Waals surface area contributed by atoms with Gasteiger partial charge in [0.2, 0.25) is 0 Å². The molecule has 0 aromatic rings. The first-order chi connectivity index (χ1) is 8.44. The zero-order valence-corrected chi connectivity index (χ0v) is 11.1. The Morgan fingerprint density at radius 1 is 1.67 bits per heavy atom. The molecule has 8 nitrogen and oxygen atoms in total. The van der Waals surface area contributed by atoms with E-state index in [1.165, 1.54) is 0 Å². The molecule has 0 saturated carbocycles. The largest absolute Gasteiger partial charge is 0.452 e. The van der Waals surface area contributed by atoms with E-state index in [1.54, 1.807) is 4.72 Å². The minimum atomic E-state index is -3.90. The standard InChI is InChI=1S/C9H17N3O5S/c1-3-7-6-12(5-4-8(7)10-14)18(15,16)11-9(13)17-2/h7,14H,3-6H2,1-2H3,(H,11,13). The van der Waals surface area contributed by atoms with Crippen LogP contribution in [0.1, 0.15) is 19.8 Å². The zero-order chi connectivity index (χ0) is 13.8. The number of nitrogens with one attached hydrogen (secondary N) is 1. The van der Waals surface area contributed by atoms with Crippen LogP contribution >= 0.6 is 0 Å². The zero-order valence-electron chi connectivity index (χ0n) is 10.3. The number of methoxy groups -OCH3 is 1. The van der Waals surface area contributed by atoms with E-state index >= 15 is 0 Å². The molecule has 0 aliphatic carbocycles. The molecule has 1 unspecified atom stereocenters. The van der Waals surface area contributed by atoms with E-state index in [9.17, 15) is 13.2 Å². The molecule has 1 saturated heterocycles. The summed E-state index contributed by atoms with van der Waals surface area (Å²) in [6.45, 7) is 2.23. The molecule has 1 fully saturated rings. The molecule has 1 atom stereocenters. The molecule has 2 N–H and O–H groups in total. The van der Waals surface area contributed by atoms with E-state index in [0.717, 1.165) is 11.4 Å². The predicted molar refractivity (Wildman–Crippen MR) is 63.7 cm³/mol. The Bertz CT molecular complexity index is 433. The molecule has 18 heavy (non-hydrogen) atoms. The molecule has 0 bridgehead atoms. The summed E-state index contributed by atoms with van der Waals surface area (Å²) in [5.74, 6) is -0.141. The summed E-state index contributed by atoms with van der Waals surface area (Å²) >= 11 is 0. The molecule has 0 spiro atoms. The number of amides is 1. The maximum absolute atomic E-state index is 11.8. The smallest absolute Gasteiger partial charge is 0.421 e. The highest BCUT2D eigenvalue weighted by atomic mass is 32.2. The Labute approximate surface area is 106 Å². The van der Waals surface area contributed by atoms with Crippen molar-refractivity contribution < 1.29 is 23.2 Å². The first-order valence-corrected chi connectivity index (χ1v) is 6.95. The van der Waals surface area contributed by atoms with Crippen LogP contribution in [0.25, 0.3) is 0 Å². The fourth-order valence-electron chi connectivity index (χ4n) is 1.81. The van der Waals surface area contributed by atoms with Crippen LogP contribution in [0.3, 0.4) is 0 Å². The van der Waals surface area contributed by atoms with Crippen LogP contribution in [0, 0.1) is 5.92 Å². The number of carbonyl (C=O) groups is 1. The lowest BCUT2D eigenvalue weighted by atomic mass is 9.95. The summed E-state index contributed by atoms with van der Waals surface area (Å²) in [5, 5.41) is 12.0. The summed E-state index contributed by atoms with van der Waals surface area (Å²) in [5.41, 5.74) is 0.585. The highest BCUT2D eigenvalue weighted by Crippen LogP contribution is 2.19. The van der Waals surface area contributed by atoms with Crippen LogP contribution in [-0.2, 0) is 14.9 Å². The third-order valence-electron chi connectivity index (χ3n) is 2.87. The van der Waals surface area contributed by atoms with Crippen LogP contribution in [0.5, 0.6) is 0 Å². The van der Waals surface area contributed by atoms with Crippen LogP contribution in [-0.4, -0.2) is 49.9 Å². The Kier molecular flexibility index (Phi) is 4.91. The van der Waals surface area contributed by atoms with E-state index in [0.29, 0.717) is 18.6 Å². The van der Waals surface area contributed by atoms with Gasteiger partial charge in [-0.2, -0.15) is 12.7 Å². The van der Waals surface area contributed by atoms with Crippen molar-refractivity contribution in [3.63, 3.8) is 0 Å². The number of oxime groups is 1. The highest BCUT2D eigenvalue weighted by Gasteiger charge is 2.33. The van der Waals surface area contributed by atoms with Gasteiger partial charge in [-0.05, 0) is 6.42 Å². The van der Waals surface area contributed by atoms with E-state index in [4.69, 9.17) is 5.21 Å². The maximum atomic E-state index is 11.8. The monoisotopic (exact) mass is 279 g/mol. The third-order valence-corrected chi connectivity index (χ3v) is 4.31. The lowest BCUT2D eigenvalue weighted by Crippen LogP contribution is -2.50. The van der Waals surface area contributed by atoms with Gasteiger partial charge in [-0.3, -0.25) is 0 Å². The highest BCUT2D eigenvalue weighted by molar-refractivity contribution is 7.87. The normalized spacial score (nSPS) is 23.9. The van der Waals surface area contributed by atoms with Crippen LogP contribution in [0.2, 0.25) is 0 Å². The van der Waals surface area contributed by atoms with Gasteiger partial charge in [-0.1, -0.05) is 12.1 Å². The summed E-state index contributed by atoms with van der Waals surface area (Å²) in [6.07, 6.45) is -0.0227. The lowest BCUT2D eigenvalue weighted by Gasteiger charge is -2.31. The van der Waals surface area contributed by atoms with Gasteiger partial charge in [0, 0.05) is 25.4 Å². The van der Waals surface area contributed by atoms with Crippen molar-refractivity contribution in [2.24, 2.45) is 11.1 Å². The second-order valence-electron chi connectivity index (χ2n) is 3.90. The fourth-order valence-corrected chi connectivity index (χ4v) is 2.94. The number of piperidine rings is 1. The summed E-state index contributed by atoms with van der Waals surface area (Å²) in [4.78, 5) is 10.9. The van der Waals surface area contributed by atoms with Crippen molar-refractivity contribution in [1.29, 1.82) is 0 Å². The van der Waals surface area contributed by atoms with Crippen molar-refractivity contribution in [2.75, 3.05) is 20.2 Å². The molecule has 0 aromatic heterocycles. The van der Waals surface area contributed by atoms with E-state index in [2.05, 4.69) is 9.89 Å². The molecule has 104 valence electrons. The second-order valence-corrected chi connectivity index (χ2v) is 5.57. The third kappa shape index (κ3) is 3.33. The quantitative estimate of drug-likeness (QED) is 0.564. The molecular formula is C9H17N3O5S. The van der Waals surface area contributed by atoms with Gasteiger partial charge in [0.05, 0.1) is 12.8 Å². The topological polar surface area (TPSA) is 108 Å².